The summed E-state index contributed by atoms with van der Waals surface area (Å²) >= 11 is 0. The van der Waals surface area contributed by atoms with Crippen LogP contribution in [-0.2, 0) is 6.54 Å². The summed E-state index contributed by atoms with van der Waals surface area (Å²) < 4.78 is 1.97. The number of nitro groups is 1. The topological polar surface area (TPSA) is 105 Å². The molecule has 1 aromatic heterocycles. The van der Waals surface area contributed by atoms with Gasteiger partial charge in [-0.05, 0) is 37.4 Å². The van der Waals surface area contributed by atoms with Gasteiger partial charge in [0.25, 0.3) is 11.6 Å². The zero-order valence-corrected chi connectivity index (χ0v) is 17.4. The third-order valence-corrected chi connectivity index (χ3v) is 5.14. The molecule has 2 aromatic carbocycles. The Morgan fingerprint density at radius 3 is 2.60 bits per heavy atom. The highest BCUT2D eigenvalue weighted by atomic mass is 16.6. The molecule has 0 fully saturated rings. The third kappa shape index (κ3) is 4.41. The Balaban J connectivity index is 1.91. The van der Waals surface area contributed by atoms with E-state index >= 15 is 0 Å². The predicted octanol–water partition coefficient (Wildman–Crippen LogP) is 3.58. The number of amides is 1. The minimum absolute atomic E-state index is 0.153. The van der Waals surface area contributed by atoms with Crippen molar-refractivity contribution in [2.75, 3.05) is 37.3 Å². The molecule has 2 N–H and O–H groups in total. The van der Waals surface area contributed by atoms with E-state index in [1.165, 1.54) is 12.1 Å². The first-order valence-corrected chi connectivity index (χ1v) is 9.93. The molecule has 0 spiro atoms. The number of nitrogens with zero attached hydrogens (tertiary/aromatic N) is 4. The molecular formula is C21H26N6O3. The summed E-state index contributed by atoms with van der Waals surface area (Å²) in [6.45, 7) is 7.58. The van der Waals surface area contributed by atoms with Gasteiger partial charge >= 0.3 is 0 Å². The quantitative estimate of drug-likeness (QED) is 0.413. The van der Waals surface area contributed by atoms with Gasteiger partial charge in [0.15, 0.2) is 0 Å². The highest BCUT2D eigenvalue weighted by Gasteiger charge is 2.19. The van der Waals surface area contributed by atoms with Gasteiger partial charge in [-0.1, -0.05) is 26.0 Å². The zero-order valence-electron chi connectivity index (χ0n) is 17.4. The Bertz CT molecular complexity index is 1060. The second-order valence-electron chi connectivity index (χ2n) is 6.80. The molecule has 158 valence electrons. The maximum Gasteiger partial charge on any atom is 0.293 e. The van der Waals surface area contributed by atoms with Crippen LogP contribution in [-0.4, -0.2) is 52.0 Å². The molecule has 1 amide bonds. The molecule has 0 saturated carbocycles. The van der Waals surface area contributed by atoms with Crippen molar-refractivity contribution in [3.63, 3.8) is 0 Å². The van der Waals surface area contributed by atoms with E-state index in [2.05, 4.69) is 34.4 Å². The van der Waals surface area contributed by atoms with E-state index in [4.69, 9.17) is 0 Å². The number of benzene rings is 2. The number of rotatable bonds is 9. The smallest absolute Gasteiger partial charge is 0.293 e. The molecule has 30 heavy (non-hydrogen) atoms. The van der Waals surface area contributed by atoms with Crippen LogP contribution in [0.25, 0.3) is 11.0 Å². The monoisotopic (exact) mass is 410 g/mol. The fraction of sp³-hybridized carbons (Fsp3) is 0.333. The summed E-state index contributed by atoms with van der Waals surface area (Å²) in [6, 6.07) is 12.0. The highest BCUT2D eigenvalue weighted by Crippen LogP contribution is 2.26. The highest BCUT2D eigenvalue weighted by molar-refractivity contribution is 6.05. The van der Waals surface area contributed by atoms with Crippen LogP contribution < -0.4 is 10.6 Å². The van der Waals surface area contributed by atoms with Gasteiger partial charge in [0.1, 0.15) is 5.69 Å². The maximum absolute atomic E-state index is 12.9. The molecule has 0 radical (unpaired) electrons. The number of nitro benzene ring substituents is 1. The van der Waals surface area contributed by atoms with Crippen molar-refractivity contribution in [2.24, 2.45) is 0 Å². The first-order chi connectivity index (χ1) is 14.5. The van der Waals surface area contributed by atoms with E-state index in [0.717, 1.165) is 30.7 Å². The minimum atomic E-state index is -0.512. The molecule has 1 heterocycles. The lowest BCUT2D eigenvalue weighted by molar-refractivity contribution is -0.384. The number of carbonyl (C=O) groups excluding carboxylic acids is 1. The van der Waals surface area contributed by atoms with Crippen LogP contribution in [0.5, 0.6) is 0 Å². The molecule has 0 atom stereocenters. The minimum Gasteiger partial charge on any atom is -0.383 e. The second kappa shape index (κ2) is 9.36. The van der Waals surface area contributed by atoms with Crippen LogP contribution in [0.15, 0.2) is 42.5 Å². The maximum atomic E-state index is 12.9. The fourth-order valence-corrected chi connectivity index (χ4v) is 3.39. The molecule has 0 aliphatic carbocycles. The van der Waals surface area contributed by atoms with Crippen molar-refractivity contribution in [1.82, 2.24) is 14.5 Å². The Morgan fingerprint density at radius 1 is 1.20 bits per heavy atom. The van der Waals surface area contributed by atoms with E-state index < -0.39 is 10.8 Å². The fourth-order valence-electron chi connectivity index (χ4n) is 3.39. The molecule has 3 rings (SSSR count). The molecule has 0 unspecified atom stereocenters. The normalized spacial score (nSPS) is 11.1. The van der Waals surface area contributed by atoms with Crippen molar-refractivity contribution >= 4 is 34.3 Å². The van der Waals surface area contributed by atoms with Crippen LogP contribution in [0.1, 0.15) is 24.2 Å². The number of likely N-dealkylation sites (N-methyl/N-ethyl adjacent to an activating group) is 1. The van der Waals surface area contributed by atoms with Gasteiger partial charge in [-0.2, -0.15) is 0 Å². The Kier molecular flexibility index (Phi) is 6.63. The van der Waals surface area contributed by atoms with Crippen molar-refractivity contribution in [2.45, 2.75) is 20.4 Å². The second-order valence-corrected chi connectivity index (χ2v) is 6.80. The van der Waals surface area contributed by atoms with Crippen LogP contribution in [0.3, 0.4) is 0 Å². The van der Waals surface area contributed by atoms with Crippen LogP contribution in [0.2, 0.25) is 0 Å². The molecule has 3 aromatic rings. The molecule has 0 saturated heterocycles. The summed E-state index contributed by atoms with van der Waals surface area (Å²) in [5, 5.41) is 16.9. The number of para-hydroxylation sites is 2. The number of hydrogen-bond acceptors (Lipinski definition) is 6. The van der Waals surface area contributed by atoms with E-state index in [1.807, 2.05) is 28.8 Å². The van der Waals surface area contributed by atoms with E-state index in [9.17, 15) is 14.9 Å². The largest absolute Gasteiger partial charge is 0.383 e. The summed E-state index contributed by atoms with van der Waals surface area (Å²) in [7, 11) is 1.60. The first kappa shape index (κ1) is 21.3. The van der Waals surface area contributed by atoms with Gasteiger partial charge in [-0.15, -0.1) is 0 Å². The van der Waals surface area contributed by atoms with Crippen molar-refractivity contribution in [3.8, 4) is 0 Å². The van der Waals surface area contributed by atoms with Crippen molar-refractivity contribution in [3.05, 3.63) is 58.1 Å². The zero-order chi connectivity index (χ0) is 21.7. The van der Waals surface area contributed by atoms with E-state index in [1.54, 1.807) is 13.1 Å². The lowest BCUT2D eigenvalue weighted by atomic mass is 10.1. The Hall–Kier alpha value is -3.46. The number of anilines is 2. The third-order valence-electron chi connectivity index (χ3n) is 5.14. The van der Waals surface area contributed by atoms with Crippen molar-refractivity contribution in [1.29, 1.82) is 0 Å². The predicted molar refractivity (Wildman–Crippen MR) is 118 cm³/mol. The number of hydrogen-bond donors (Lipinski definition) is 2. The lowest BCUT2D eigenvalue weighted by Gasteiger charge is -2.19. The lowest BCUT2D eigenvalue weighted by Crippen LogP contribution is -2.27. The van der Waals surface area contributed by atoms with E-state index in [-0.39, 0.29) is 11.3 Å². The van der Waals surface area contributed by atoms with Gasteiger partial charge in [0.05, 0.1) is 16.0 Å². The molecule has 9 heteroatoms. The summed E-state index contributed by atoms with van der Waals surface area (Å²) in [5.74, 6) is -0.0196. The van der Waals surface area contributed by atoms with Crippen LogP contribution in [0.4, 0.5) is 17.3 Å². The van der Waals surface area contributed by atoms with Gasteiger partial charge in [0, 0.05) is 31.8 Å². The average Bonchev–Trinajstić information content (AvgIpc) is 3.10. The number of imidazole rings is 1. The molecule has 0 aliphatic heterocycles. The standard InChI is InChI=1S/C21H26N6O3/c1-4-25(5-2)12-13-26-18-9-7-6-8-17(18)23-21(26)24-20(28)15-10-11-16(22-3)19(14-15)27(29)30/h6-11,14,22H,4-5,12-13H2,1-3H3,(H,23,24,28). The molecule has 0 aliphatic rings. The van der Waals surface area contributed by atoms with Crippen molar-refractivity contribution < 1.29 is 9.72 Å². The molecular weight excluding hydrogens is 384 g/mol. The molecule has 9 nitrogen and oxygen atoms in total. The van der Waals surface area contributed by atoms with Crippen LogP contribution >= 0.6 is 0 Å². The molecule has 0 bridgehead atoms. The summed E-state index contributed by atoms with van der Waals surface area (Å²) in [6.07, 6.45) is 0. The number of nitrogens with one attached hydrogen (secondary N) is 2. The summed E-state index contributed by atoms with van der Waals surface area (Å²) in [4.78, 5) is 30.5. The van der Waals surface area contributed by atoms with Gasteiger partial charge < -0.3 is 14.8 Å². The van der Waals surface area contributed by atoms with Gasteiger partial charge in [-0.25, -0.2) is 4.98 Å². The number of carbonyl (C=O) groups is 1. The van der Waals surface area contributed by atoms with Gasteiger partial charge in [-0.3, -0.25) is 20.2 Å². The average molecular weight is 410 g/mol. The van der Waals surface area contributed by atoms with E-state index in [0.29, 0.717) is 18.2 Å². The van der Waals surface area contributed by atoms with Gasteiger partial charge in [0.2, 0.25) is 5.95 Å². The number of aromatic nitrogens is 2. The Labute approximate surface area is 174 Å². The van der Waals surface area contributed by atoms with Crippen LogP contribution in [0, 0.1) is 10.1 Å². The first-order valence-electron chi connectivity index (χ1n) is 9.93. The number of fused-ring (bicyclic) bond motifs is 1. The SMILES string of the molecule is CCN(CC)CCn1c(NC(=O)c2ccc(NC)c([N+](=O)[O-])c2)nc2ccccc21. The summed E-state index contributed by atoms with van der Waals surface area (Å²) in [5.41, 5.74) is 2.10. The Morgan fingerprint density at radius 2 is 1.93 bits per heavy atom.